The molecule has 1 unspecified atom stereocenters. The Kier molecular flexibility index (Phi) is 4.58. The predicted octanol–water partition coefficient (Wildman–Crippen LogP) is 3.12. The fourth-order valence-electron chi connectivity index (χ4n) is 2.01. The number of halogens is 1. The molecule has 0 amide bonds. The minimum atomic E-state index is -0.823. The second-order valence-corrected chi connectivity index (χ2v) is 4.46. The average molecular weight is 276 g/mol. The van der Waals surface area contributed by atoms with Gasteiger partial charge in [-0.05, 0) is 29.3 Å². The van der Waals surface area contributed by atoms with Crippen LogP contribution in [0.1, 0.15) is 17.2 Å². The molecule has 0 saturated heterocycles. The quantitative estimate of drug-likeness (QED) is 0.912. The predicted molar refractivity (Wildman–Crippen MR) is 74.6 cm³/mol. The van der Waals surface area contributed by atoms with Crippen LogP contribution in [-0.4, -0.2) is 19.3 Å². The summed E-state index contributed by atoms with van der Waals surface area (Å²) in [6, 6.07) is 11.6. The molecule has 0 spiro atoms. The lowest BCUT2D eigenvalue weighted by Gasteiger charge is -2.14. The summed E-state index contributed by atoms with van der Waals surface area (Å²) in [6.07, 6.45) is -0.626. The fraction of sp³-hybridized carbons (Fsp3) is 0.250. The first-order valence-corrected chi connectivity index (χ1v) is 6.28. The van der Waals surface area contributed by atoms with Crippen LogP contribution in [0.5, 0.6) is 11.5 Å². The molecule has 1 atom stereocenters. The van der Waals surface area contributed by atoms with E-state index in [1.807, 2.05) is 0 Å². The first kappa shape index (κ1) is 14.3. The summed E-state index contributed by atoms with van der Waals surface area (Å²) in [6.45, 7) is 0. The van der Waals surface area contributed by atoms with Gasteiger partial charge < -0.3 is 14.6 Å². The molecule has 0 aliphatic rings. The van der Waals surface area contributed by atoms with Gasteiger partial charge in [-0.2, -0.15) is 0 Å². The van der Waals surface area contributed by atoms with Crippen LogP contribution in [0.4, 0.5) is 4.39 Å². The summed E-state index contributed by atoms with van der Waals surface area (Å²) >= 11 is 0. The molecular formula is C16H17FO3. The van der Waals surface area contributed by atoms with Crippen molar-refractivity contribution in [3.63, 3.8) is 0 Å². The molecule has 4 heteroatoms. The molecule has 1 N–H and O–H groups in total. The molecule has 3 nitrogen and oxygen atoms in total. The monoisotopic (exact) mass is 276 g/mol. The van der Waals surface area contributed by atoms with Gasteiger partial charge in [0.2, 0.25) is 0 Å². The maximum absolute atomic E-state index is 13.6. The summed E-state index contributed by atoms with van der Waals surface area (Å²) in [4.78, 5) is 0. The van der Waals surface area contributed by atoms with Crippen molar-refractivity contribution in [2.45, 2.75) is 12.5 Å². The number of rotatable bonds is 5. The van der Waals surface area contributed by atoms with Crippen molar-refractivity contribution in [1.29, 1.82) is 0 Å². The Morgan fingerprint density at radius 1 is 1.05 bits per heavy atom. The van der Waals surface area contributed by atoms with Crippen LogP contribution in [0.25, 0.3) is 0 Å². The van der Waals surface area contributed by atoms with E-state index in [4.69, 9.17) is 9.47 Å². The van der Waals surface area contributed by atoms with Crippen molar-refractivity contribution in [1.82, 2.24) is 0 Å². The Hall–Kier alpha value is -2.07. The molecule has 0 aromatic heterocycles. The van der Waals surface area contributed by atoms with Crippen LogP contribution in [0.15, 0.2) is 42.5 Å². The van der Waals surface area contributed by atoms with Gasteiger partial charge in [0.1, 0.15) is 17.3 Å². The molecule has 0 saturated carbocycles. The van der Waals surface area contributed by atoms with Crippen molar-refractivity contribution < 1.29 is 19.0 Å². The van der Waals surface area contributed by atoms with Gasteiger partial charge in [0.25, 0.3) is 0 Å². The van der Waals surface area contributed by atoms with E-state index in [0.29, 0.717) is 22.6 Å². The summed E-state index contributed by atoms with van der Waals surface area (Å²) in [7, 11) is 3.09. The van der Waals surface area contributed by atoms with E-state index < -0.39 is 6.10 Å². The maximum atomic E-state index is 13.6. The van der Waals surface area contributed by atoms with Gasteiger partial charge in [-0.1, -0.05) is 18.2 Å². The maximum Gasteiger partial charge on any atom is 0.126 e. The van der Waals surface area contributed by atoms with Crippen molar-refractivity contribution in [2.75, 3.05) is 14.2 Å². The standard InChI is InChI=1S/C16H17FO3/c1-19-13-7-12(8-14(10-13)20-2)16(18)9-11-5-3-4-6-15(11)17/h3-8,10,16,18H,9H2,1-2H3. The van der Waals surface area contributed by atoms with Gasteiger partial charge in [0.15, 0.2) is 0 Å². The van der Waals surface area contributed by atoms with Gasteiger partial charge in [-0.15, -0.1) is 0 Å². The van der Waals surface area contributed by atoms with Gasteiger partial charge in [0.05, 0.1) is 20.3 Å². The third-order valence-corrected chi connectivity index (χ3v) is 3.13. The zero-order chi connectivity index (χ0) is 14.5. The highest BCUT2D eigenvalue weighted by molar-refractivity contribution is 5.39. The SMILES string of the molecule is COc1cc(OC)cc(C(O)Cc2ccccc2F)c1. The van der Waals surface area contributed by atoms with E-state index >= 15 is 0 Å². The molecular weight excluding hydrogens is 259 g/mol. The number of aliphatic hydroxyl groups excluding tert-OH is 1. The van der Waals surface area contributed by atoms with Gasteiger partial charge in [-0.25, -0.2) is 4.39 Å². The van der Waals surface area contributed by atoms with Gasteiger partial charge >= 0.3 is 0 Å². The van der Waals surface area contributed by atoms with E-state index in [0.717, 1.165) is 0 Å². The van der Waals surface area contributed by atoms with E-state index in [1.54, 1.807) is 50.6 Å². The van der Waals surface area contributed by atoms with Crippen molar-refractivity contribution >= 4 is 0 Å². The highest BCUT2D eigenvalue weighted by Crippen LogP contribution is 2.28. The Morgan fingerprint density at radius 2 is 1.65 bits per heavy atom. The molecule has 2 rings (SSSR count). The molecule has 0 aliphatic heterocycles. The third kappa shape index (κ3) is 3.27. The Morgan fingerprint density at radius 3 is 2.20 bits per heavy atom. The first-order valence-electron chi connectivity index (χ1n) is 6.28. The summed E-state index contributed by atoms with van der Waals surface area (Å²) in [5.41, 5.74) is 1.10. The number of hydrogen-bond donors (Lipinski definition) is 1. The Bertz CT molecular complexity index is 561. The average Bonchev–Trinajstić information content (AvgIpc) is 2.48. The summed E-state index contributed by atoms with van der Waals surface area (Å²) < 4.78 is 23.9. The Balaban J connectivity index is 2.24. The molecule has 0 heterocycles. The first-order chi connectivity index (χ1) is 9.63. The van der Waals surface area contributed by atoms with Crippen molar-refractivity contribution in [3.8, 4) is 11.5 Å². The number of aliphatic hydroxyl groups is 1. The zero-order valence-corrected chi connectivity index (χ0v) is 11.5. The molecule has 0 bridgehead atoms. The lowest BCUT2D eigenvalue weighted by atomic mass is 10.0. The van der Waals surface area contributed by atoms with Crippen molar-refractivity contribution in [3.05, 3.63) is 59.4 Å². The molecule has 20 heavy (non-hydrogen) atoms. The number of methoxy groups -OCH3 is 2. The highest BCUT2D eigenvalue weighted by atomic mass is 19.1. The lowest BCUT2D eigenvalue weighted by Crippen LogP contribution is -2.04. The van der Waals surface area contributed by atoms with E-state index in [1.165, 1.54) is 6.07 Å². The normalized spacial score (nSPS) is 12.0. The number of hydrogen-bond acceptors (Lipinski definition) is 3. The highest BCUT2D eigenvalue weighted by Gasteiger charge is 2.13. The number of ether oxygens (including phenoxy) is 2. The van der Waals surface area contributed by atoms with Gasteiger partial charge in [-0.3, -0.25) is 0 Å². The molecule has 0 radical (unpaired) electrons. The van der Waals surface area contributed by atoms with Crippen LogP contribution in [-0.2, 0) is 6.42 Å². The number of benzene rings is 2. The van der Waals surface area contributed by atoms with E-state index in [-0.39, 0.29) is 12.2 Å². The minimum absolute atomic E-state index is 0.197. The Labute approximate surface area is 117 Å². The fourth-order valence-corrected chi connectivity index (χ4v) is 2.01. The zero-order valence-electron chi connectivity index (χ0n) is 11.5. The van der Waals surface area contributed by atoms with Crippen LogP contribution in [0.3, 0.4) is 0 Å². The van der Waals surface area contributed by atoms with Crippen LogP contribution < -0.4 is 9.47 Å². The second-order valence-electron chi connectivity index (χ2n) is 4.46. The van der Waals surface area contributed by atoms with Crippen LogP contribution in [0.2, 0.25) is 0 Å². The lowest BCUT2D eigenvalue weighted by molar-refractivity contribution is 0.176. The molecule has 2 aromatic carbocycles. The van der Waals surface area contributed by atoms with E-state index in [2.05, 4.69) is 0 Å². The van der Waals surface area contributed by atoms with E-state index in [9.17, 15) is 9.50 Å². The minimum Gasteiger partial charge on any atom is -0.497 e. The molecule has 2 aromatic rings. The largest absolute Gasteiger partial charge is 0.497 e. The van der Waals surface area contributed by atoms with Crippen LogP contribution >= 0.6 is 0 Å². The topological polar surface area (TPSA) is 38.7 Å². The molecule has 0 fully saturated rings. The second kappa shape index (κ2) is 6.39. The van der Waals surface area contributed by atoms with Crippen molar-refractivity contribution in [2.24, 2.45) is 0 Å². The molecule has 106 valence electrons. The van der Waals surface area contributed by atoms with Crippen LogP contribution in [0, 0.1) is 5.82 Å². The molecule has 0 aliphatic carbocycles. The summed E-state index contributed by atoms with van der Waals surface area (Å²) in [5, 5.41) is 10.3. The van der Waals surface area contributed by atoms with Gasteiger partial charge in [0, 0.05) is 12.5 Å². The third-order valence-electron chi connectivity index (χ3n) is 3.13. The summed E-state index contributed by atoms with van der Waals surface area (Å²) in [5.74, 6) is 0.861. The smallest absolute Gasteiger partial charge is 0.126 e.